The van der Waals surface area contributed by atoms with Crippen molar-refractivity contribution < 1.29 is 4.74 Å². The average Bonchev–Trinajstić information content (AvgIpc) is 2.53. The molecule has 1 aromatic heterocycles. The molecule has 1 atom stereocenters. The summed E-state index contributed by atoms with van der Waals surface area (Å²) in [6.07, 6.45) is 0.829. The first-order valence-corrected chi connectivity index (χ1v) is 5.95. The lowest BCUT2D eigenvalue weighted by molar-refractivity contribution is 0.123. The number of hydrogen-bond acceptors (Lipinski definition) is 5. The smallest absolute Gasteiger partial charge is 0.0947 e. The second-order valence-corrected chi connectivity index (χ2v) is 4.76. The van der Waals surface area contributed by atoms with Gasteiger partial charge in [0.2, 0.25) is 0 Å². The van der Waals surface area contributed by atoms with Gasteiger partial charge in [-0.05, 0) is 20.8 Å². The standard InChI is InChI=1S/C10H19N3OS/c1-4-14-6-9(13-11)5-10-12-7(2)8(3)15-10/h9,13H,4-6,11H2,1-3H3. The summed E-state index contributed by atoms with van der Waals surface area (Å²) in [5.74, 6) is 5.45. The number of hydrogen-bond donors (Lipinski definition) is 2. The van der Waals surface area contributed by atoms with Gasteiger partial charge in [-0.15, -0.1) is 11.3 Å². The van der Waals surface area contributed by atoms with Crippen LogP contribution < -0.4 is 11.3 Å². The molecule has 0 bridgehead atoms. The molecule has 86 valence electrons. The van der Waals surface area contributed by atoms with Gasteiger partial charge in [0.25, 0.3) is 0 Å². The van der Waals surface area contributed by atoms with Crippen LogP contribution >= 0.6 is 11.3 Å². The van der Waals surface area contributed by atoms with Gasteiger partial charge in [-0.2, -0.15) is 0 Å². The molecule has 0 aliphatic carbocycles. The highest BCUT2D eigenvalue weighted by Gasteiger charge is 2.11. The molecule has 0 aliphatic heterocycles. The Morgan fingerprint density at radius 3 is 2.73 bits per heavy atom. The van der Waals surface area contributed by atoms with Crippen LogP contribution in [0.25, 0.3) is 0 Å². The van der Waals surface area contributed by atoms with E-state index < -0.39 is 0 Å². The fourth-order valence-electron chi connectivity index (χ4n) is 1.26. The van der Waals surface area contributed by atoms with Gasteiger partial charge in [-0.1, -0.05) is 0 Å². The molecule has 1 rings (SSSR count). The van der Waals surface area contributed by atoms with Crippen molar-refractivity contribution in [2.75, 3.05) is 13.2 Å². The van der Waals surface area contributed by atoms with Crippen LogP contribution in [0.15, 0.2) is 0 Å². The number of nitrogens with two attached hydrogens (primary N) is 1. The van der Waals surface area contributed by atoms with E-state index in [9.17, 15) is 0 Å². The zero-order valence-corrected chi connectivity index (χ0v) is 10.4. The number of aryl methyl sites for hydroxylation is 2. The topological polar surface area (TPSA) is 60.2 Å². The molecule has 0 saturated heterocycles. The number of nitrogens with one attached hydrogen (secondary N) is 1. The Bertz CT molecular complexity index is 281. The number of nitrogens with zero attached hydrogens (tertiary/aromatic N) is 1. The molecule has 4 nitrogen and oxygen atoms in total. The fourth-order valence-corrected chi connectivity index (χ4v) is 2.28. The summed E-state index contributed by atoms with van der Waals surface area (Å²) >= 11 is 1.73. The third-order valence-corrected chi connectivity index (χ3v) is 3.35. The highest BCUT2D eigenvalue weighted by Crippen LogP contribution is 2.17. The largest absolute Gasteiger partial charge is 0.380 e. The zero-order chi connectivity index (χ0) is 11.3. The van der Waals surface area contributed by atoms with Crippen LogP contribution in [0.2, 0.25) is 0 Å². The summed E-state index contributed by atoms with van der Waals surface area (Å²) in [5, 5.41) is 1.12. The minimum Gasteiger partial charge on any atom is -0.380 e. The molecule has 0 aliphatic rings. The maximum absolute atomic E-state index is 5.45. The lowest BCUT2D eigenvalue weighted by atomic mass is 10.2. The molecule has 3 N–H and O–H groups in total. The highest BCUT2D eigenvalue weighted by molar-refractivity contribution is 7.11. The van der Waals surface area contributed by atoms with Crippen molar-refractivity contribution >= 4 is 11.3 Å². The Balaban J connectivity index is 2.50. The predicted octanol–water partition coefficient (Wildman–Crippen LogP) is 1.17. The first-order valence-electron chi connectivity index (χ1n) is 5.14. The summed E-state index contributed by atoms with van der Waals surface area (Å²) in [6.45, 7) is 7.44. The second-order valence-electron chi connectivity index (χ2n) is 3.48. The first-order chi connectivity index (χ1) is 7.17. The van der Waals surface area contributed by atoms with Gasteiger partial charge in [0.1, 0.15) is 0 Å². The molecule has 0 spiro atoms. The lowest BCUT2D eigenvalue weighted by Gasteiger charge is -2.13. The third-order valence-electron chi connectivity index (χ3n) is 2.25. The first kappa shape index (κ1) is 12.6. The molecule has 5 heteroatoms. The molecule has 1 aromatic rings. The number of aromatic nitrogens is 1. The SMILES string of the molecule is CCOCC(Cc1nc(C)c(C)s1)NN. The molecular weight excluding hydrogens is 210 g/mol. The van der Waals surface area contributed by atoms with E-state index in [4.69, 9.17) is 10.6 Å². The van der Waals surface area contributed by atoms with Crippen molar-refractivity contribution in [3.63, 3.8) is 0 Å². The van der Waals surface area contributed by atoms with E-state index in [0.717, 1.165) is 17.1 Å². The van der Waals surface area contributed by atoms with E-state index >= 15 is 0 Å². The molecule has 1 unspecified atom stereocenters. The fraction of sp³-hybridized carbons (Fsp3) is 0.700. The van der Waals surface area contributed by atoms with Crippen molar-refractivity contribution in [2.45, 2.75) is 33.2 Å². The minimum atomic E-state index is 0.148. The molecule has 1 heterocycles. The Morgan fingerprint density at radius 2 is 2.27 bits per heavy atom. The van der Waals surface area contributed by atoms with Crippen LogP contribution in [-0.2, 0) is 11.2 Å². The van der Waals surface area contributed by atoms with Gasteiger partial charge in [-0.3, -0.25) is 11.3 Å². The van der Waals surface area contributed by atoms with Gasteiger partial charge < -0.3 is 4.74 Å². The van der Waals surface area contributed by atoms with Crippen molar-refractivity contribution in [1.29, 1.82) is 0 Å². The van der Waals surface area contributed by atoms with Crippen LogP contribution in [0.1, 0.15) is 22.5 Å². The van der Waals surface area contributed by atoms with E-state index in [1.165, 1.54) is 4.88 Å². The predicted molar refractivity (Wildman–Crippen MR) is 62.9 cm³/mol. The van der Waals surface area contributed by atoms with E-state index in [1.54, 1.807) is 11.3 Å². The molecule has 0 fully saturated rings. The normalized spacial score (nSPS) is 13.1. The van der Waals surface area contributed by atoms with Gasteiger partial charge in [0.05, 0.1) is 23.4 Å². The quantitative estimate of drug-likeness (QED) is 0.568. The van der Waals surface area contributed by atoms with Gasteiger partial charge in [-0.25, -0.2) is 4.98 Å². The zero-order valence-electron chi connectivity index (χ0n) is 9.54. The second kappa shape index (κ2) is 6.17. The summed E-state index contributed by atoms with van der Waals surface area (Å²) in [7, 11) is 0. The average molecular weight is 229 g/mol. The summed E-state index contributed by atoms with van der Waals surface area (Å²) in [5.41, 5.74) is 3.87. The summed E-state index contributed by atoms with van der Waals surface area (Å²) in [4.78, 5) is 5.75. The number of rotatable bonds is 6. The van der Waals surface area contributed by atoms with E-state index in [0.29, 0.717) is 13.2 Å². The third kappa shape index (κ3) is 3.87. The lowest BCUT2D eigenvalue weighted by Crippen LogP contribution is -2.40. The molecule has 0 radical (unpaired) electrons. The number of ether oxygens (including phenoxy) is 1. The van der Waals surface area contributed by atoms with Crippen molar-refractivity contribution in [2.24, 2.45) is 5.84 Å². The van der Waals surface area contributed by atoms with Crippen molar-refractivity contribution in [3.8, 4) is 0 Å². The minimum absolute atomic E-state index is 0.148. The Labute approximate surface area is 94.8 Å². The molecule has 0 aromatic carbocycles. The van der Waals surface area contributed by atoms with Crippen molar-refractivity contribution in [1.82, 2.24) is 10.4 Å². The van der Waals surface area contributed by atoms with Crippen LogP contribution in [0.3, 0.4) is 0 Å². The maximum atomic E-state index is 5.45. The highest BCUT2D eigenvalue weighted by atomic mass is 32.1. The molecule has 0 amide bonds. The van der Waals surface area contributed by atoms with Crippen LogP contribution in [-0.4, -0.2) is 24.2 Å². The molecule has 15 heavy (non-hydrogen) atoms. The Kier molecular flexibility index (Phi) is 5.17. The number of thiazole rings is 1. The van der Waals surface area contributed by atoms with E-state index in [1.807, 2.05) is 13.8 Å². The van der Waals surface area contributed by atoms with Crippen LogP contribution in [0.5, 0.6) is 0 Å². The Morgan fingerprint density at radius 1 is 1.53 bits per heavy atom. The van der Waals surface area contributed by atoms with Gasteiger partial charge >= 0.3 is 0 Å². The van der Waals surface area contributed by atoms with E-state index in [2.05, 4.69) is 17.3 Å². The Hall–Kier alpha value is -0.490. The van der Waals surface area contributed by atoms with Gasteiger partial charge in [0, 0.05) is 17.9 Å². The van der Waals surface area contributed by atoms with Crippen LogP contribution in [0.4, 0.5) is 0 Å². The van der Waals surface area contributed by atoms with Crippen molar-refractivity contribution in [3.05, 3.63) is 15.6 Å². The number of hydrazine groups is 1. The van der Waals surface area contributed by atoms with E-state index in [-0.39, 0.29) is 6.04 Å². The van der Waals surface area contributed by atoms with Gasteiger partial charge in [0.15, 0.2) is 0 Å². The maximum Gasteiger partial charge on any atom is 0.0947 e. The van der Waals surface area contributed by atoms with Crippen LogP contribution in [0, 0.1) is 13.8 Å². The molecular formula is C10H19N3OS. The summed E-state index contributed by atoms with van der Waals surface area (Å²) in [6, 6.07) is 0.148. The monoisotopic (exact) mass is 229 g/mol. The summed E-state index contributed by atoms with van der Waals surface area (Å²) < 4.78 is 5.33. The molecule has 0 saturated carbocycles.